The number of ether oxygens (including phenoxy) is 1. The molecule has 0 saturated heterocycles. The van der Waals surface area contributed by atoms with E-state index in [4.69, 9.17) is 4.74 Å². The Labute approximate surface area is 111 Å². The number of carbonyl (C=O) groups is 1. The fraction of sp³-hybridized carbons (Fsp3) is 0.188. The Kier molecular flexibility index (Phi) is 2.75. The van der Waals surface area contributed by atoms with Crippen molar-refractivity contribution in [2.75, 3.05) is 6.61 Å². The van der Waals surface area contributed by atoms with Gasteiger partial charge < -0.3 is 9.84 Å². The molecule has 0 bridgehead atoms. The van der Waals surface area contributed by atoms with Gasteiger partial charge in [-0.2, -0.15) is 0 Å². The number of fused-ring (bicyclic) bond motifs is 1. The van der Waals surface area contributed by atoms with Crippen LogP contribution in [0.25, 0.3) is 0 Å². The number of benzene rings is 2. The Morgan fingerprint density at radius 1 is 1.16 bits per heavy atom. The number of aromatic hydroxyl groups is 1. The zero-order valence-electron chi connectivity index (χ0n) is 10.6. The molecule has 2 aromatic carbocycles. The number of phenols is 1. The van der Waals surface area contributed by atoms with E-state index < -0.39 is 0 Å². The van der Waals surface area contributed by atoms with E-state index in [0.717, 1.165) is 5.56 Å². The van der Waals surface area contributed by atoms with Crippen molar-refractivity contribution in [2.45, 2.75) is 12.8 Å². The molecule has 0 saturated carbocycles. The van der Waals surface area contributed by atoms with Crippen LogP contribution >= 0.6 is 0 Å². The molecule has 3 rings (SSSR count). The summed E-state index contributed by atoms with van der Waals surface area (Å²) < 4.78 is 5.59. The summed E-state index contributed by atoms with van der Waals surface area (Å²) >= 11 is 0. The number of phenolic OH excluding ortho intramolecular Hbond substituents is 1. The molecular weight excluding hydrogens is 240 g/mol. The fourth-order valence-electron chi connectivity index (χ4n) is 2.32. The van der Waals surface area contributed by atoms with Gasteiger partial charge in [-0.15, -0.1) is 0 Å². The molecule has 3 nitrogen and oxygen atoms in total. The number of hydrogen-bond donors (Lipinski definition) is 1. The van der Waals surface area contributed by atoms with E-state index in [0.29, 0.717) is 17.9 Å². The number of hydrogen-bond acceptors (Lipinski definition) is 3. The van der Waals surface area contributed by atoms with Gasteiger partial charge in [0.1, 0.15) is 18.1 Å². The van der Waals surface area contributed by atoms with Gasteiger partial charge in [-0.05, 0) is 24.6 Å². The van der Waals surface area contributed by atoms with Gasteiger partial charge in [-0.1, -0.05) is 29.8 Å². The van der Waals surface area contributed by atoms with E-state index in [1.165, 1.54) is 17.7 Å². The topological polar surface area (TPSA) is 46.5 Å². The molecule has 1 N–H and O–H groups in total. The Bertz CT molecular complexity index is 629. The first-order valence-corrected chi connectivity index (χ1v) is 6.22. The quantitative estimate of drug-likeness (QED) is 0.850. The van der Waals surface area contributed by atoms with Crippen molar-refractivity contribution in [3.05, 3.63) is 59.2 Å². The van der Waals surface area contributed by atoms with Crippen LogP contribution in [0.15, 0.2) is 42.5 Å². The van der Waals surface area contributed by atoms with Crippen LogP contribution in [0, 0.1) is 6.92 Å². The molecule has 0 fully saturated rings. The van der Waals surface area contributed by atoms with Crippen molar-refractivity contribution in [3.8, 4) is 11.5 Å². The molecule has 1 unspecified atom stereocenters. The normalized spacial score (nSPS) is 17.7. The lowest BCUT2D eigenvalue weighted by atomic mass is 9.88. The van der Waals surface area contributed by atoms with Crippen molar-refractivity contribution in [1.29, 1.82) is 0 Å². The molecule has 0 radical (unpaired) electrons. The molecular formula is C16H14O3. The summed E-state index contributed by atoms with van der Waals surface area (Å²) in [6, 6.07) is 12.5. The van der Waals surface area contributed by atoms with Gasteiger partial charge in [-0.25, -0.2) is 0 Å². The minimum Gasteiger partial charge on any atom is -0.508 e. The SMILES string of the molecule is Cc1ccc(C2COc3cc(O)ccc3C2=O)cc1. The zero-order chi connectivity index (χ0) is 13.4. The van der Waals surface area contributed by atoms with Crippen molar-refractivity contribution >= 4 is 5.78 Å². The zero-order valence-corrected chi connectivity index (χ0v) is 10.6. The van der Waals surface area contributed by atoms with E-state index >= 15 is 0 Å². The maximum absolute atomic E-state index is 12.5. The minimum absolute atomic E-state index is 0.0464. The summed E-state index contributed by atoms with van der Waals surface area (Å²) in [5.74, 6) is 0.358. The molecule has 2 aromatic rings. The highest BCUT2D eigenvalue weighted by Gasteiger charge is 2.30. The molecule has 1 atom stereocenters. The molecule has 19 heavy (non-hydrogen) atoms. The Morgan fingerprint density at radius 2 is 1.89 bits per heavy atom. The second-order valence-electron chi connectivity index (χ2n) is 4.82. The van der Waals surface area contributed by atoms with E-state index in [2.05, 4.69) is 0 Å². The highest BCUT2D eigenvalue weighted by molar-refractivity contribution is 6.04. The first-order valence-electron chi connectivity index (χ1n) is 6.22. The van der Waals surface area contributed by atoms with Crippen LogP contribution < -0.4 is 4.74 Å². The number of aryl methyl sites for hydroxylation is 1. The van der Waals surface area contributed by atoms with Crippen LogP contribution in [-0.4, -0.2) is 17.5 Å². The average molecular weight is 254 g/mol. The van der Waals surface area contributed by atoms with Gasteiger partial charge in [-0.3, -0.25) is 4.79 Å². The average Bonchev–Trinajstić information content (AvgIpc) is 2.40. The van der Waals surface area contributed by atoms with Crippen molar-refractivity contribution in [1.82, 2.24) is 0 Å². The fourth-order valence-corrected chi connectivity index (χ4v) is 2.32. The predicted molar refractivity (Wildman–Crippen MR) is 71.9 cm³/mol. The third kappa shape index (κ3) is 2.08. The van der Waals surface area contributed by atoms with Gasteiger partial charge in [0.15, 0.2) is 5.78 Å². The van der Waals surface area contributed by atoms with Gasteiger partial charge in [0.25, 0.3) is 0 Å². The van der Waals surface area contributed by atoms with Crippen LogP contribution in [0.5, 0.6) is 11.5 Å². The van der Waals surface area contributed by atoms with Gasteiger partial charge >= 0.3 is 0 Å². The Balaban J connectivity index is 1.97. The summed E-state index contributed by atoms with van der Waals surface area (Å²) in [6.45, 7) is 2.33. The van der Waals surface area contributed by atoms with E-state index in [1.54, 1.807) is 6.07 Å². The van der Waals surface area contributed by atoms with Crippen LogP contribution in [0.2, 0.25) is 0 Å². The van der Waals surface area contributed by atoms with Crippen molar-refractivity contribution in [3.63, 3.8) is 0 Å². The second kappa shape index (κ2) is 4.43. The highest BCUT2D eigenvalue weighted by Crippen LogP contribution is 2.34. The Morgan fingerprint density at radius 3 is 2.63 bits per heavy atom. The highest BCUT2D eigenvalue weighted by atomic mass is 16.5. The monoisotopic (exact) mass is 254 g/mol. The number of Topliss-reactive ketones (excluding diaryl/α,β-unsaturated/α-hetero) is 1. The minimum atomic E-state index is -0.266. The molecule has 3 heteroatoms. The summed E-state index contributed by atoms with van der Waals surface area (Å²) in [5, 5.41) is 9.40. The molecule has 0 amide bonds. The first kappa shape index (κ1) is 11.8. The number of rotatable bonds is 1. The maximum atomic E-state index is 12.5. The third-order valence-electron chi connectivity index (χ3n) is 3.43. The third-order valence-corrected chi connectivity index (χ3v) is 3.43. The molecule has 0 spiro atoms. The van der Waals surface area contributed by atoms with E-state index in [9.17, 15) is 9.90 Å². The first-order chi connectivity index (χ1) is 9.15. The van der Waals surface area contributed by atoms with Crippen molar-refractivity contribution in [2.24, 2.45) is 0 Å². The van der Waals surface area contributed by atoms with Gasteiger partial charge in [0.05, 0.1) is 11.5 Å². The lowest BCUT2D eigenvalue weighted by Crippen LogP contribution is -2.25. The lowest BCUT2D eigenvalue weighted by molar-refractivity contribution is 0.0896. The molecule has 96 valence electrons. The summed E-state index contributed by atoms with van der Waals surface area (Å²) in [7, 11) is 0. The standard InChI is InChI=1S/C16H14O3/c1-10-2-4-11(5-3-10)14-9-19-15-8-12(17)6-7-13(15)16(14)18/h2-8,14,17H,9H2,1H3. The van der Waals surface area contributed by atoms with Crippen LogP contribution in [-0.2, 0) is 0 Å². The summed E-state index contributed by atoms with van der Waals surface area (Å²) in [5.41, 5.74) is 2.67. The van der Waals surface area contributed by atoms with Crippen molar-refractivity contribution < 1.29 is 14.6 Å². The van der Waals surface area contributed by atoms with E-state index in [1.807, 2.05) is 31.2 Å². The van der Waals surface area contributed by atoms with Crippen LogP contribution in [0.1, 0.15) is 27.4 Å². The van der Waals surface area contributed by atoms with Crippen LogP contribution in [0.3, 0.4) is 0 Å². The number of ketones is 1. The maximum Gasteiger partial charge on any atom is 0.177 e. The second-order valence-corrected chi connectivity index (χ2v) is 4.82. The summed E-state index contributed by atoms with van der Waals surface area (Å²) in [4.78, 5) is 12.5. The molecule has 0 aliphatic carbocycles. The molecule has 1 aliphatic heterocycles. The molecule has 0 aromatic heterocycles. The van der Waals surface area contributed by atoms with Gasteiger partial charge in [0, 0.05) is 6.07 Å². The lowest BCUT2D eigenvalue weighted by Gasteiger charge is -2.24. The van der Waals surface area contributed by atoms with E-state index in [-0.39, 0.29) is 17.5 Å². The predicted octanol–water partition coefficient (Wildman–Crippen LogP) is 3.06. The van der Waals surface area contributed by atoms with Crippen LogP contribution in [0.4, 0.5) is 0 Å². The Hall–Kier alpha value is -2.29. The largest absolute Gasteiger partial charge is 0.508 e. The number of carbonyl (C=O) groups excluding carboxylic acids is 1. The molecule has 1 heterocycles. The molecule has 1 aliphatic rings. The van der Waals surface area contributed by atoms with Gasteiger partial charge in [0.2, 0.25) is 0 Å². The smallest absolute Gasteiger partial charge is 0.177 e. The summed E-state index contributed by atoms with van der Waals surface area (Å²) in [6.07, 6.45) is 0.